The van der Waals surface area contributed by atoms with Crippen LogP contribution in [0.1, 0.15) is 21.6 Å². The predicted octanol–water partition coefficient (Wildman–Crippen LogP) is 2.84. The van der Waals surface area contributed by atoms with Crippen molar-refractivity contribution in [2.75, 3.05) is 5.32 Å². The molecule has 1 amide bonds. The number of amides is 1. The topological polar surface area (TPSA) is 101 Å². The van der Waals surface area contributed by atoms with E-state index in [1.807, 2.05) is 0 Å². The van der Waals surface area contributed by atoms with Crippen molar-refractivity contribution in [2.24, 2.45) is 0 Å². The number of rotatable bonds is 3. The van der Waals surface area contributed by atoms with Gasteiger partial charge in [-0.2, -0.15) is 5.10 Å². The number of hydrogen-bond acceptors (Lipinski definition) is 4. The van der Waals surface area contributed by atoms with Crippen molar-refractivity contribution in [1.82, 2.24) is 10.2 Å². The van der Waals surface area contributed by atoms with Gasteiger partial charge in [0.15, 0.2) is 5.82 Å². The van der Waals surface area contributed by atoms with Gasteiger partial charge >= 0.3 is 0 Å². The Morgan fingerprint density at radius 3 is 2.70 bits per heavy atom. The van der Waals surface area contributed by atoms with Crippen molar-refractivity contribution in [3.05, 3.63) is 50.2 Å². The summed E-state index contributed by atoms with van der Waals surface area (Å²) >= 11 is 5.78. The van der Waals surface area contributed by atoms with Crippen LogP contribution < -0.4 is 5.32 Å². The molecule has 20 heavy (non-hydrogen) atoms. The first-order chi connectivity index (χ1) is 9.40. The molecule has 0 aliphatic heterocycles. The quantitative estimate of drug-likeness (QED) is 0.671. The molecule has 0 bridgehead atoms. The average molecular weight is 295 g/mol. The van der Waals surface area contributed by atoms with Crippen LogP contribution in [0.4, 0.5) is 11.5 Å². The number of benzene rings is 1. The molecule has 1 aromatic carbocycles. The van der Waals surface area contributed by atoms with E-state index in [4.69, 9.17) is 11.6 Å². The Bertz CT molecular complexity index is 696. The third-order valence-corrected chi connectivity index (χ3v) is 3.12. The number of nitrogens with one attached hydrogen (secondary N) is 2. The van der Waals surface area contributed by atoms with Crippen LogP contribution in [-0.2, 0) is 0 Å². The molecule has 0 fully saturated rings. The van der Waals surface area contributed by atoms with Gasteiger partial charge in [-0.25, -0.2) is 0 Å². The molecule has 1 aromatic heterocycles. The van der Waals surface area contributed by atoms with Crippen molar-refractivity contribution >= 4 is 29.0 Å². The van der Waals surface area contributed by atoms with Gasteiger partial charge in [0.1, 0.15) is 5.56 Å². The van der Waals surface area contributed by atoms with E-state index in [2.05, 4.69) is 15.5 Å². The van der Waals surface area contributed by atoms with Gasteiger partial charge in [-0.3, -0.25) is 20.0 Å². The number of aromatic amines is 1. The first kappa shape index (κ1) is 14.0. The lowest BCUT2D eigenvalue weighted by molar-refractivity contribution is -0.385. The summed E-state index contributed by atoms with van der Waals surface area (Å²) in [6, 6.07) is 3.81. The Morgan fingerprint density at radius 1 is 1.45 bits per heavy atom. The van der Waals surface area contributed by atoms with Crippen LogP contribution in [0.15, 0.2) is 18.2 Å². The first-order valence-electron chi connectivity index (χ1n) is 5.67. The van der Waals surface area contributed by atoms with Crippen molar-refractivity contribution in [3.63, 3.8) is 0 Å². The monoisotopic (exact) mass is 294 g/mol. The predicted molar refractivity (Wildman–Crippen MR) is 74.1 cm³/mol. The number of nitro groups is 1. The van der Waals surface area contributed by atoms with E-state index in [1.165, 1.54) is 18.2 Å². The minimum absolute atomic E-state index is 0.109. The Kier molecular flexibility index (Phi) is 3.71. The number of carbonyl (C=O) groups excluding carboxylic acids is 1. The Labute approximate surface area is 119 Å². The maximum absolute atomic E-state index is 12.1. The van der Waals surface area contributed by atoms with E-state index in [9.17, 15) is 14.9 Å². The van der Waals surface area contributed by atoms with Gasteiger partial charge in [-0.05, 0) is 26.0 Å². The van der Waals surface area contributed by atoms with E-state index in [0.29, 0.717) is 5.82 Å². The standard InChI is InChI=1S/C12H11ClN4O3/c1-6-7(2)15-16-11(6)14-12(18)9-5-8(13)3-4-10(9)17(19)20/h3-5H,1-2H3,(H2,14,15,16,18). The summed E-state index contributed by atoms with van der Waals surface area (Å²) in [6.07, 6.45) is 0. The van der Waals surface area contributed by atoms with Gasteiger partial charge in [0.25, 0.3) is 11.6 Å². The lowest BCUT2D eigenvalue weighted by Crippen LogP contribution is -2.15. The molecule has 104 valence electrons. The van der Waals surface area contributed by atoms with E-state index in [-0.39, 0.29) is 16.3 Å². The van der Waals surface area contributed by atoms with Crippen molar-refractivity contribution < 1.29 is 9.72 Å². The molecule has 0 saturated carbocycles. The summed E-state index contributed by atoms with van der Waals surface area (Å²) in [5.74, 6) is -0.296. The average Bonchev–Trinajstić information content (AvgIpc) is 2.70. The van der Waals surface area contributed by atoms with Crippen LogP contribution in [-0.4, -0.2) is 21.0 Å². The maximum atomic E-state index is 12.1. The number of aryl methyl sites for hydroxylation is 1. The minimum atomic E-state index is -0.631. The first-order valence-corrected chi connectivity index (χ1v) is 6.05. The molecule has 2 N–H and O–H groups in total. The third-order valence-electron chi connectivity index (χ3n) is 2.88. The molecule has 2 rings (SSSR count). The SMILES string of the molecule is Cc1[nH]nc(NC(=O)c2cc(Cl)ccc2[N+](=O)[O-])c1C. The maximum Gasteiger partial charge on any atom is 0.282 e. The number of hydrogen-bond donors (Lipinski definition) is 2. The molecule has 0 spiro atoms. The Balaban J connectivity index is 2.36. The largest absolute Gasteiger partial charge is 0.305 e. The molecule has 1 heterocycles. The zero-order chi connectivity index (χ0) is 14.9. The molecule has 0 unspecified atom stereocenters. The van der Waals surface area contributed by atoms with Crippen LogP contribution in [0, 0.1) is 24.0 Å². The molecule has 0 aliphatic rings. The van der Waals surface area contributed by atoms with Crippen LogP contribution in [0.5, 0.6) is 0 Å². The summed E-state index contributed by atoms with van der Waals surface area (Å²) in [6.45, 7) is 3.58. The van der Waals surface area contributed by atoms with Crippen molar-refractivity contribution in [3.8, 4) is 0 Å². The summed E-state index contributed by atoms with van der Waals surface area (Å²) in [7, 11) is 0. The highest BCUT2D eigenvalue weighted by Gasteiger charge is 2.21. The highest BCUT2D eigenvalue weighted by atomic mass is 35.5. The van der Waals surface area contributed by atoms with Gasteiger partial charge in [0.05, 0.1) is 4.92 Å². The molecular weight excluding hydrogens is 284 g/mol. The smallest absolute Gasteiger partial charge is 0.282 e. The highest BCUT2D eigenvalue weighted by molar-refractivity contribution is 6.31. The summed E-state index contributed by atoms with van der Waals surface area (Å²) in [5.41, 5.74) is 1.16. The van der Waals surface area contributed by atoms with Crippen molar-refractivity contribution in [1.29, 1.82) is 0 Å². The van der Waals surface area contributed by atoms with E-state index >= 15 is 0 Å². The van der Waals surface area contributed by atoms with E-state index in [1.54, 1.807) is 13.8 Å². The van der Waals surface area contributed by atoms with Gasteiger partial charge in [0, 0.05) is 22.3 Å². The molecular formula is C12H11ClN4O3. The number of aromatic nitrogens is 2. The van der Waals surface area contributed by atoms with Gasteiger partial charge in [-0.1, -0.05) is 11.6 Å². The van der Waals surface area contributed by atoms with E-state index < -0.39 is 10.8 Å². The van der Waals surface area contributed by atoms with Crippen LogP contribution in [0.3, 0.4) is 0 Å². The number of nitro benzene ring substituents is 1. The molecule has 8 heteroatoms. The zero-order valence-corrected chi connectivity index (χ0v) is 11.5. The minimum Gasteiger partial charge on any atom is -0.305 e. The molecule has 0 saturated heterocycles. The second-order valence-corrected chi connectivity index (χ2v) is 4.63. The lowest BCUT2D eigenvalue weighted by atomic mass is 10.1. The van der Waals surface area contributed by atoms with Crippen LogP contribution in [0.25, 0.3) is 0 Å². The second-order valence-electron chi connectivity index (χ2n) is 4.19. The van der Waals surface area contributed by atoms with Gasteiger partial charge in [0.2, 0.25) is 0 Å². The fraction of sp³-hybridized carbons (Fsp3) is 0.167. The molecule has 0 aliphatic carbocycles. The number of anilines is 1. The third kappa shape index (κ3) is 2.62. The normalized spacial score (nSPS) is 10.3. The summed E-state index contributed by atoms with van der Waals surface area (Å²) < 4.78 is 0. The van der Waals surface area contributed by atoms with E-state index in [0.717, 1.165) is 11.3 Å². The fourth-order valence-corrected chi connectivity index (χ4v) is 1.80. The molecule has 7 nitrogen and oxygen atoms in total. The number of carbonyl (C=O) groups is 1. The summed E-state index contributed by atoms with van der Waals surface area (Å²) in [4.78, 5) is 22.4. The molecule has 0 radical (unpaired) electrons. The van der Waals surface area contributed by atoms with Crippen LogP contribution in [0.2, 0.25) is 5.02 Å². The lowest BCUT2D eigenvalue weighted by Gasteiger charge is -2.04. The zero-order valence-electron chi connectivity index (χ0n) is 10.7. The number of halogens is 1. The van der Waals surface area contributed by atoms with Crippen LogP contribution >= 0.6 is 11.6 Å². The summed E-state index contributed by atoms with van der Waals surface area (Å²) in [5, 5.41) is 20.3. The van der Waals surface area contributed by atoms with Crippen molar-refractivity contribution in [2.45, 2.75) is 13.8 Å². The Hall–Kier alpha value is -2.41. The molecule has 2 aromatic rings. The molecule has 0 atom stereocenters. The number of H-pyrrole nitrogens is 1. The fourth-order valence-electron chi connectivity index (χ4n) is 1.63. The Morgan fingerprint density at radius 2 is 2.15 bits per heavy atom. The number of nitrogens with zero attached hydrogens (tertiary/aromatic N) is 2. The highest BCUT2D eigenvalue weighted by Crippen LogP contribution is 2.24. The second kappa shape index (κ2) is 5.30. The van der Waals surface area contributed by atoms with Gasteiger partial charge < -0.3 is 5.32 Å². The van der Waals surface area contributed by atoms with Gasteiger partial charge in [-0.15, -0.1) is 0 Å².